The number of H-pyrrole nitrogens is 1. The van der Waals surface area contributed by atoms with E-state index in [9.17, 15) is 4.79 Å². The maximum atomic E-state index is 12.8. The number of carbonyl (C=O) groups is 1. The highest BCUT2D eigenvalue weighted by molar-refractivity contribution is 5.99. The summed E-state index contributed by atoms with van der Waals surface area (Å²) in [5, 5.41) is 6.75. The number of amides is 1. The van der Waals surface area contributed by atoms with E-state index in [4.69, 9.17) is 5.73 Å². The molecule has 3 N–H and O–H groups in total. The van der Waals surface area contributed by atoms with Gasteiger partial charge in [-0.1, -0.05) is 26.7 Å². The summed E-state index contributed by atoms with van der Waals surface area (Å²) >= 11 is 0. The summed E-state index contributed by atoms with van der Waals surface area (Å²) in [5.74, 6) is 0.954. The Kier molecular flexibility index (Phi) is 4.68. The zero-order chi connectivity index (χ0) is 14.7. The van der Waals surface area contributed by atoms with Gasteiger partial charge in [0.1, 0.15) is 5.56 Å². The van der Waals surface area contributed by atoms with Gasteiger partial charge in [-0.15, -0.1) is 0 Å². The Morgan fingerprint density at radius 3 is 2.60 bits per heavy atom. The van der Waals surface area contributed by atoms with E-state index < -0.39 is 0 Å². The van der Waals surface area contributed by atoms with E-state index in [1.807, 2.05) is 11.8 Å². The second-order valence-corrected chi connectivity index (χ2v) is 6.23. The van der Waals surface area contributed by atoms with E-state index in [-0.39, 0.29) is 5.91 Å². The number of hydrogen-bond donors (Lipinski definition) is 2. The fourth-order valence-corrected chi connectivity index (χ4v) is 2.92. The molecule has 0 aromatic carbocycles. The number of rotatable bonds is 5. The van der Waals surface area contributed by atoms with Gasteiger partial charge < -0.3 is 10.6 Å². The molecular formula is C15H26N4O. The zero-order valence-electron chi connectivity index (χ0n) is 12.8. The first-order chi connectivity index (χ1) is 9.50. The zero-order valence-corrected chi connectivity index (χ0v) is 12.8. The lowest BCUT2D eigenvalue weighted by Crippen LogP contribution is -2.40. The Bertz CT molecular complexity index is 441. The van der Waals surface area contributed by atoms with Crippen molar-refractivity contribution in [2.24, 2.45) is 5.92 Å². The fraction of sp³-hybridized carbons (Fsp3) is 0.733. The molecule has 5 nitrogen and oxygen atoms in total. The van der Waals surface area contributed by atoms with Gasteiger partial charge in [0.15, 0.2) is 5.82 Å². The molecule has 0 saturated heterocycles. The Labute approximate surface area is 120 Å². The van der Waals surface area contributed by atoms with Gasteiger partial charge in [-0.3, -0.25) is 9.89 Å². The fourth-order valence-electron chi connectivity index (χ4n) is 2.92. The van der Waals surface area contributed by atoms with Crippen LogP contribution in [-0.2, 0) is 0 Å². The van der Waals surface area contributed by atoms with Gasteiger partial charge in [-0.2, -0.15) is 5.10 Å². The highest BCUT2D eigenvalue weighted by atomic mass is 16.2. The van der Waals surface area contributed by atoms with Crippen molar-refractivity contribution >= 4 is 11.7 Å². The van der Waals surface area contributed by atoms with Crippen LogP contribution in [0.5, 0.6) is 0 Å². The van der Waals surface area contributed by atoms with Crippen LogP contribution in [0.3, 0.4) is 0 Å². The van der Waals surface area contributed by atoms with E-state index in [1.165, 1.54) is 12.8 Å². The molecular weight excluding hydrogens is 252 g/mol. The van der Waals surface area contributed by atoms with Crippen molar-refractivity contribution in [3.05, 3.63) is 11.3 Å². The van der Waals surface area contributed by atoms with Gasteiger partial charge in [-0.05, 0) is 32.1 Å². The third-order valence-electron chi connectivity index (χ3n) is 4.16. The molecule has 1 aromatic rings. The Morgan fingerprint density at radius 1 is 1.45 bits per heavy atom. The molecule has 20 heavy (non-hydrogen) atoms. The summed E-state index contributed by atoms with van der Waals surface area (Å²) in [6.07, 6.45) is 5.69. The summed E-state index contributed by atoms with van der Waals surface area (Å²) in [4.78, 5) is 14.9. The van der Waals surface area contributed by atoms with Gasteiger partial charge >= 0.3 is 0 Å². The van der Waals surface area contributed by atoms with Crippen molar-refractivity contribution in [3.8, 4) is 0 Å². The lowest BCUT2D eigenvalue weighted by Gasteiger charge is -2.29. The van der Waals surface area contributed by atoms with Gasteiger partial charge in [0.2, 0.25) is 0 Å². The number of anilines is 1. The first kappa shape index (κ1) is 14.9. The minimum atomic E-state index is 0.0429. The smallest absolute Gasteiger partial charge is 0.259 e. The molecule has 0 spiro atoms. The van der Waals surface area contributed by atoms with Crippen molar-refractivity contribution in [2.45, 2.75) is 58.9 Å². The highest BCUT2D eigenvalue weighted by Crippen LogP contribution is 2.27. The number of nitrogens with two attached hydrogens (primary N) is 1. The van der Waals surface area contributed by atoms with E-state index in [1.54, 1.807) is 0 Å². The van der Waals surface area contributed by atoms with Crippen molar-refractivity contribution in [2.75, 3.05) is 12.3 Å². The van der Waals surface area contributed by atoms with Crippen LogP contribution in [0.25, 0.3) is 0 Å². The molecule has 0 aliphatic heterocycles. The average Bonchev–Trinajstić information content (AvgIpc) is 3.00. The quantitative estimate of drug-likeness (QED) is 0.869. The van der Waals surface area contributed by atoms with Crippen LogP contribution in [-0.4, -0.2) is 33.6 Å². The largest absolute Gasteiger partial charge is 0.382 e. The molecule has 1 aliphatic carbocycles. The van der Waals surface area contributed by atoms with Crippen LogP contribution in [0.4, 0.5) is 5.82 Å². The number of aromatic amines is 1. The Hall–Kier alpha value is -1.52. The Balaban J connectivity index is 2.18. The first-order valence-corrected chi connectivity index (χ1v) is 7.62. The van der Waals surface area contributed by atoms with Crippen LogP contribution in [0.1, 0.15) is 62.0 Å². The number of aromatic nitrogens is 2. The predicted molar refractivity (Wildman–Crippen MR) is 80.5 cm³/mol. The number of aryl methyl sites for hydroxylation is 1. The van der Waals surface area contributed by atoms with Crippen molar-refractivity contribution in [1.82, 2.24) is 15.1 Å². The van der Waals surface area contributed by atoms with Crippen LogP contribution >= 0.6 is 0 Å². The van der Waals surface area contributed by atoms with Gasteiger partial charge in [-0.25, -0.2) is 0 Å². The molecule has 2 rings (SSSR count). The van der Waals surface area contributed by atoms with Crippen LogP contribution in [0, 0.1) is 12.8 Å². The first-order valence-electron chi connectivity index (χ1n) is 7.62. The topological polar surface area (TPSA) is 75.0 Å². The molecule has 0 bridgehead atoms. The molecule has 112 valence electrons. The molecule has 1 saturated carbocycles. The van der Waals surface area contributed by atoms with Crippen molar-refractivity contribution in [1.29, 1.82) is 0 Å². The highest BCUT2D eigenvalue weighted by Gasteiger charge is 2.30. The average molecular weight is 278 g/mol. The second-order valence-electron chi connectivity index (χ2n) is 6.23. The second kappa shape index (κ2) is 6.29. The Morgan fingerprint density at radius 2 is 2.10 bits per heavy atom. The van der Waals surface area contributed by atoms with E-state index in [0.717, 1.165) is 31.5 Å². The maximum Gasteiger partial charge on any atom is 0.259 e. The summed E-state index contributed by atoms with van der Waals surface area (Å²) in [7, 11) is 0. The van der Waals surface area contributed by atoms with E-state index in [2.05, 4.69) is 24.0 Å². The standard InChI is InChI=1S/C15H26N4O/c1-10(2)8-9-19(12-6-4-5-7-12)15(20)13-11(3)17-18-14(13)16/h10,12H,4-9H2,1-3H3,(H3,16,17,18). The van der Waals surface area contributed by atoms with Crippen LogP contribution < -0.4 is 5.73 Å². The van der Waals surface area contributed by atoms with Crippen molar-refractivity contribution in [3.63, 3.8) is 0 Å². The predicted octanol–water partition coefficient (Wildman–Crippen LogP) is 2.73. The summed E-state index contributed by atoms with van der Waals surface area (Å²) in [6, 6.07) is 0.370. The van der Waals surface area contributed by atoms with E-state index >= 15 is 0 Å². The third kappa shape index (κ3) is 3.14. The minimum absolute atomic E-state index is 0.0429. The van der Waals surface area contributed by atoms with E-state index in [0.29, 0.717) is 23.3 Å². The maximum absolute atomic E-state index is 12.8. The molecule has 1 aliphatic rings. The van der Waals surface area contributed by atoms with Crippen LogP contribution in [0.2, 0.25) is 0 Å². The number of carbonyl (C=O) groups excluding carboxylic acids is 1. The summed E-state index contributed by atoms with van der Waals surface area (Å²) in [6.45, 7) is 7.04. The minimum Gasteiger partial charge on any atom is -0.382 e. The number of nitrogen functional groups attached to an aromatic ring is 1. The number of nitrogens with one attached hydrogen (secondary N) is 1. The molecule has 1 heterocycles. The third-order valence-corrected chi connectivity index (χ3v) is 4.16. The molecule has 5 heteroatoms. The molecule has 0 radical (unpaired) electrons. The summed E-state index contributed by atoms with van der Waals surface area (Å²) in [5.41, 5.74) is 7.16. The van der Waals surface area contributed by atoms with Gasteiger partial charge in [0.25, 0.3) is 5.91 Å². The molecule has 1 aromatic heterocycles. The molecule has 0 unspecified atom stereocenters. The van der Waals surface area contributed by atoms with Crippen molar-refractivity contribution < 1.29 is 4.79 Å². The summed E-state index contributed by atoms with van der Waals surface area (Å²) < 4.78 is 0. The molecule has 0 atom stereocenters. The molecule has 1 fully saturated rings. The normalized spacial score (nSPS) is 16.0. The monoisotopic (exact) mass is 278 g/mol. The lowest BCUT2D eigenvalue weighted by molar-refractivity contribution is 0.0672. The van der Waals surface area contributed by atoms with Gasteiger partial charge in [0, 0.05) is 18.3 Å². The molecule has 1 amide bonds. The number of hydrogen-bond acceptors (Lipinski definition) is 3. The lowest BCUT2D eigenvalue weighted by atomic mass is 10.1. The number of nitrogens with zero attached hydrogens (tertiary/aromatic N) is 2. The SMILES string of the molecule is Cc1[nH]nc(N)c1C(=O)N(CCC(C)C)C1CCCC1. The van der Waals surface area contributed by atoms with Crippen LogP contribution in [0.15, 0.2) is 0 Å². The van der Waals surface area contributed by atoms with Gasteiger partial charge in [0.05, 0.1) is 0 Å².